The van der Waals surface area contributed by atoms with Gasteiger partial charge in [-0.25, -0.2) is 14.4 Å². The molecule has 0 aliphatic carbocycles. The molecule has 1 aromatic heterocycles. The van der Waals surface area contributed by atoms with E-state index in [1.54, 1.807) is 6.07 Å². The van der Waals surface area contributed by atoms with E-state index in [-0.39, 0.29) is 53.8 Å². The van der Waals surface area contributed by atoms with Gasteiger partial charge in [-0.2, -0.15) is 0 Å². The molecule has 5 N–H and O–H groups in total. The maximum Gasteiger partial charge on any atom is 0.274 e. The minimum absolute atomic E-state index is 0.0301. The average Bonchev–Trinajstić information content (AvgIpc) is 3.54. The van der Waals surface area contributed by atoms with Crippen LogP contribution in [0.15, 0.2) is 42.6 Å². The Balaban J connectivity index is 0.834. The van der Waals surface area contributed by atoms with Crippen LogP contribution in [0.3, 0.4) is 0 Å². The number of amides is 5. The molecule has 300 valence electrons. The number of anilines is 4. The summed E-state index contributed by atoms with van der Waals surface area (Å²) in [4.78, 5) is 80.3. The molecular weight excluding hydrogens is 732 g/mol. The van der Waals surface area contributed by atoms with E-state index >= 15 is 4.39 Å². The zero-order valence-electron chi connectivity index (χ0n) is 32.0. The number of carbonyl (C=O) groups is 5. The molecule has 0 spiro atoms. The Morgan fingerprint density at radius 2 is 1.65 bits per heavy atom. The van der Waals surface area contributed by atoms with Crippen molar-refractivity contribution in [1.82, 2.24) is 30.4 Å². The van der Waals surface area contributed by atoms with Crippen molar-refractivity contribution >= 4 is 52.5 Å². The molecule has 5 amide bonds. The Hall–Kier alpha value is -5.64. The third-order valence-electron chi connectivity index (χ3n) is 12.1. The number of halogens is 1. The molecule has 6 heterocycles. The lowest BCUT2D eigenvalue weighted by Gasteiger charge is -2.40. The van der Waals surface area contributed by atoms with E-state index in [0.29, 0.717) is 29.4 Å². The number of nitrogen functional groups attached to an aromatic ring is 1. The first kappa shape index (κ1) is 38.2. The van der Waals surface area contributed by atoms with Gasteiger partial charge in [0, 0.05) is 82.3 Å². The van der Waals surface area contributed by atoms with Crippen LogP contribution in [-0.4, -0.2) is 107 Å². The predicted octanol–water partition coefficient (Wildman–Crippen LogP) is 3.31. The van der Waals surface area contributed by atoms with Gasteiger partial charge in [0.15, 0.2) is 0 Å². The van der Waals surface area contributed by atoms with Gasteiger partial charge in [0.1, 0.15) is 17.6 Å². The summed E-state index contributed by atoms with van der Waals surface area (Å²) >= 11 is 0. The summed E-state index contributed by atoms with van der Waals surface area (Å²) in [5.74, 6) is -2.09. The van der Waals surface area contributed by atoms with Crippen molar-refractivity contribution in [2.75, 3.05) is 66.7 Å². The van der Waals surface area contributed by atoms with Crippen LogP contribution >= 0.6 is 0 Å². The summed E-state index contributed by atoms with van der Waals surface area (Å²) in [7, 11) is 0. The van der Waals surface area contributed by atoms with Crippen LogP contribution < -0.4 is 31.5 Å². The molecule has 4 saturated heterocycles. The van der Waals surface area contributed by atoms with Crippen LogP contribution in [0.25, 0.3) is 0 Å². The number of rotatable bonds is 9. The van der Waals surface area contributed by atoms with Crippen LogP contribution in [-0.2, 0) is 16.1 Å². The molecule has 0 unspecified atom stereocenters. The summed E-state index contributed by atoms with van der Waals surface area (Å²) in [5, 5.41) is 7.79. The molecule has 15 nitrogen and oxygen atoms in total. The predicted molar refractivity (Wildman–Crippen MR) is 211 cm³/mol. The number of imide groups is 1. The first-order valence-corrected chi connectivity index (χ1v) is 20.1. The summed E-state index contributed by atoms with van der Waals surface area (Å²) in [5.41, 5.74) is 9.65. The second kappa shape index (κ2) is 16.5. The van der Waals surface area contributed by atoms with Crippen molar-refractivity contribution in [3.8, 4) is 0 Å². The Morgan fingerprint density at radius 1 is 0.877 bits per heavy atom. The minimum atomic E-state index is -0.870. The van der Waals surface area contributed by atoms with E-state index in [0.717, 1.165) is 102 Å². The van der Waals surface area contributed by atoms with Gasteiger partial charge in [-0.15, -0.1) is 0 Å². The lowest BCUT2D eigenvalue weighted by Crippen LogP contribution is -2.52. The number of nitrogens with one attached hydrogen (secondary N) is 3. The summed E-state index contributed by atoms with van der Waals surface area (Å²) in [6.45, 7) is 6.56. The number of nitrogens with zero attached hydrogens (tertiary/aromatic N) is 6. The first-order chi connectivity index (χ1) is 27.6. The van der Waals surface area contributed by atoms with E-state index < -0.39 is 23.7 Å². The van der Waals surface area contributed by atoms with Gasteiger partial charge in [-0.05, 0) is 99.2 Å². The Morgan fingerprint density at radius 3 is 2.37 bits per heavy atom. The fourth-order valence-corrected chi connectivity index (χ4v) is 8.96. The standard InChI is InChI=1S/C41H49FN10O5/c42-31-21-28(4-5-29(31)37(54)45-32-6-7-36(53)48-39(32)56)50-18-9-25(10-19-50)23-49-16-11-27(12-17-49)52-24-26-20-34(46-38(55)33-8-13-44-41(43)47-33)35(22-30(26)40(52)57)51-14-2-1-3-15-51/h4-5,8,13,20-22,25,27,32H,1-3,6-7,9-12,14-19,23-24H2,(H,45,54)(H,46,55)(H2,43,44,47)(H,48,53,56)/t32-/m0/s1. The van der Waals surface area contributed by atoms with Gasteiger partial charge >= 0.3 is 0 Å². The fourth-order valence-electron chi connectivity index (χ4n) is 8.96. The van der Waals surface area contributed by atoms with Crippen molar-refractivity contribution in [3.63, 3.8) is 0 Å². The number of hydrogen-bond donors (Lipinski definition) is 4. The molecule has 1 atom stereocenters. The molecule has 5 aliphatic heterocycles. The number of carbonyl (C=O) groups excluding carboxylic acids is 5. The second-order valence-electron chi connectivity index (χ2n) is 15.9. The Labute approximate surface area is 330 Å². The van der Waals surface area contributed by atoms with E-state index in [2.05, 4.69) is 40.6 Å². The zero-order valence-corrected chi connectivity index (χ0v) is 32.0. The maximum atomic E-state index is 15.1. The number of benzene rings is 2. The van der Waals surface area contributed by atoms with Crippen molar-refractivity contribution in [1.29, 1.82) is 0 Å². The minimum Gasteiger partial charge on any atom is -0.371 e. The number of aromatic nitrogens is 2. The van der Waals surface area contributed by atoms with Crippen molar-refractivity contribution in [2.24, 2.45) is 5.92 Å². The number of likely N-dealkylation sites (tertiary alicyclic amines) is 1. The summed E-state index contributed by atoms with van der Waals surface area (Å²) in [6, 6.07) is 9.30. The lowest BCUT2D eigenvalue weighted by atomic mass is 9.94. The van der Waals surface area contributed by atoms with Crippen LogP contribution in [0.2, 0.25) is 0 Å². The maximum absolute atomic E-state index is 15.1. The first-order valence-electron chi connectivity index (χ1n) is 20.1. The van der Waals surface area contributed by atoms with Gasteiger partial charge in [-0.1, -0.05) is 0 Å². The van der Waals surface area contributed by atoms with Gasteiger partial charge < -0.3 is 36.0 Å². The molecule has 8 rings (SSSR count). The summed E-state index contributed by atoms with van der Waals surface area (Å²) < 4.78 is 15.1. The molecular formula is C41H49FN10O5. The van der Waals surface area contributed by atoms with E-state index in [4.69, 9.17) is 5.73 Å². The van der Waals surface area contributed by atoms with Crippen molar-refractivity contribution < 1.29 is 28.4 Å². The normalized spacial score (nSPS) is 21.0. The highest BCUT2D eigenvalue weighted by Gasteiger charge is 2.37. The zero-order chi connectivity index (χ0) is 39.6. The van der Waals surface area contributed by atoms with Crippen LogP contribution in [0.4, 0.5) is 27.4 Å². The quantitative estimate of drug-likeness (QED) is 0.234. The van der Waals surface area contributed by atoms with Crippen molar-refractivity contribution in [2.45, 2.75) is 76.4 Å². The van der Waals surface area contributed by atoms with E-state index in [1.807, 2.05) is 17.0 Å². The molecule has 2 aromatic carbocycles. The molecule has 4 fully saturated rings. The van der Waals surface area contributed by atoms with Gasteiger partial charge in [0.25, 0.3) is 17.7 Å². The van der Waals surface area contributed by atoms with E-state index in [1.165, 1.54) is 24.4 Å². The Bertz CT molecular complexity index is 2060. The molecule has 0 bridgehead atoms. The van der Waals surface area contributed by atoms with Crippen LogP contribution in [0.5, 0.6) is 0 Å². The second-order valence-corrected chi connectivity index (χ2v) is 15.9. The van der Waals surface area contributed by atoms with Crippen LogP contribution in [0, 0.1) is 11.7 Å². The summed E-state index contributed by atoms with van der Waals surface area (Å²) in [6.07, 6.45) is 8.72. The highest BCUT2D eigenvalue weighted by Crippen LogP contribution is 2.38. The highest BCUT2D eigenvalue weighted by molar-refractivity contribution is 6.07. The van der Waals surface area contributed by atoms with E-state index in [9.17, 15) is 24.0 Å². The number of piperidine rings is 4. The van der Waals surface area contributed by atoms with Gasteiger partial charge in [0.05, 0.1) is 16.9 Å². The lowest BCUT2D eigenvalue weighted by molar-refractivity contribution is -0.134. The highest BCUT2D eigenvalue weighted by atomic mass is 19.1. The molecule has 3 aromatic rings. The third kappa shape index (κ3) is 8.41. The molecule has 16 heteroatoms. The molecule has 0 radical (unpaired) electrons. The smallest absolute Gasteiger partial charge is 0.274 e. The van der Waals surface area contributed by atoms with Gasteiger partial charge in [0.2, 0.25) is 17.8 Å². The number of hydrogen-bond acceptors (Lipinski definition) is 11. The SMILES string of the molecule is Nc1nccc(C(=O)Nc2cc3c(cc2N2CCCCC2)C(=O)N(C2CCN(CC4CCN(c5ccc(C(=O)N[C@H]6CCC(=O)NC6=O)c(F)c5)CC4)CC2)C3)n1. The number of fused-ring (bicyclic) bond motifs is 1. The molecule has 0 saturated carbocycles. The Kier molecular flexibility index (Phi) is 11.0. The number of nitrogens with two attached hydrogens (primary N) is 1. The topological polar surface area (TPSA) is 186 Å². The third-order valence-corrected chi connectivity index (χ3v) is 12.1. The van der Waals surface area contributed by atoms with Crippen molar-refractivity contribution in [3.05, 3.63) is 70.8 Å². The monoisotopic (exact) mass is 780 g/mol. The largest absolute Gasteiger partial charge is 0.371 e. The van der Waals surface area contributed by atoms with Crippen LogP contribution in [0.1, 0.15) is 94.6 Å². The average molecular weight is 781 g/mol. The molecule has 57 heavy (non-hydrogen) atoms. The fraction of sp³-hybridized carbons (Fsp3) is 0.488. The molecule has 5 aliphatic rings. The van der Waals surface area contributed by atoms with Gasteiger partial charge in [-0.3, -0.25) is 29.3 Å².